The molecule has 1 saturated carbocycles. The van der Waals surface area contributed by atoms with E-state index in [0.717, 1.165) is 6.42 Å². The fourth-order valence-corrected chi connectivity index (χ4v) is 2.83. The van der Waals surface area contributed by atoms with Crippen molar-refractivity contribution in [2.75, 3.05) is 0 Å². The number of hydrogen-bond donors (Lipinski definition) is 1. The lowest BCUT2D eigenvalue weighted by atomic mass is 9.69. The minimum Gasteiger partial charge on any atom is -0.481 e. The highest BCUT2D eigenvalue weighted by molar-refractivity contribution is 5.82. The lowest BCUT2D eigenvalue weighted by Crippen LogP contribution is -2.38. The van der Waals surface area contributed by atoms with E-state index in [1.54, 1.807) is 0 Å². The van der Waals surface area contributed by atoms with E-state index in [1.165, 1.54) is 24.3 Å². The van der Waals surface area contributed by atoms with E-state index in [1.807, 2.05) is 0 Å². The topological polar surface area (TPSA) is 46.5 Å². The summed E-state index contributed by atoms with van der Waals surface area (Å²) in [6.45, 7) is 0. The molecule has 0 heterocycles. The van der Waals surface area contributed by atoms with Crippen molar-refractivity contribution in [3.63, 3.8) is 0 Å². The predicted octanol–water partition coefficient (Wildman–Crippen LogP) is 3.87. The smallest absolute Gasteiger partial charge is 0.481 e. The average molecular weight is 288 g/mol. The maximum Gasteiger partial charge on any atom is 0.573 e. The van der Waals surface area contributed by atoms with Gasteiger partial charge in [0.2, 0.25) is 0 Å². The molecule has 0 saturated heterocycles. The van der Waals surface area contributed by atoms with Gasteiger partial charge in [0.25, 0.3) is 0 Å². The zero-order chi connectivity index (χ0) is 14.8. The van der Waals surface area contributed by atoms with E-state index in [9.17, 15) is 23.1 Å². The molecule has 0 amide bonds. The van der Waals surface area contributed by atoms with Crippen LogP contribution in [0.1, 0.15) is 37.7 Å². The van der Waals surface area contributed by atoms with Gasteiger partial charge in [0.1, 0.15) is 5.75 Å². The SMILES string of the molecule is O=C(O)C1(c2ccccc2OC(F)(F)F)CCCCC1. The van der Waals surface area contributed by atoms with E-state index >= 15 is 0 Å². The molecule has 0 aromatic heterocycles. The van der Waals surface area contributed by atoms with Crippen LogP contribution in [-0.2, 0) is 10.2 Å². The van der Waals surface area contributed by atoms with Crippen molar-refractivity contribution in [3.05, 3.63) is 29.8 Å². The van der Waals surface area contributed by atoms with Gasteiger partial charge in [-0.2, -0.15) is 0 Å². The lowest BCUT2D eigenvalue weighted by molar-refractivity contribution is -0.275. The van der Waals surface area contributed by atoms with E-state index in [4.69, 9.17) is 0 Å². The summed E-state index contributed by atoms with van der Waals surface area (Å²) in [6, 6.07) is 5.53. The third-order valence-corrected chi connectivity index (χ3v) is 3.74. The van der Waals surface area contributed by atoms with Gasteiger partial charge in [0.05, 0.1) is 5.41 Å². The number of hydrogen-bond acceptors (Lipinski definition) is 2. The number of halogens is 3. The normalized spacial score (nSPS) is 18.6. The van der Waals surface area contributed by atoms with Crippen molar-refractivity contribution in [1.29, 1.82) is 0 Å². The van der Waals surface area contributed by atoms with E-state index < -0.39 is 23.5 Å². The van der Waals surface area contributed by atoms with E-state index in [-0.39, 0.29) is 5.56 Å². The molecule has 0 unspecified atom stereocenters. The molecule has 20 heavy (non-hydrogen) atoms. The Morgan fingerprint density at radius 2 is 1.75 bits per heavy atom. The first-order valence-electron chi connectivity index (χ1n) is 6.44. The molecular formula is C14H15F3O3. The fraction of sp³-hybridized carbons (Fsp3) is 0.500. The Labute approximate surface area is 114 Å². The standard InChI is InChI=1S/C14H15F3O3/c15-14(16,17)20-11-7-3-2-6-10(11)13(12(18)19)8-4-1-5-9-13/h2-3,6-7H,1,4-5,8-9H2,(H,18,19). The number of ether oxygens (including phenoxy) is 1. The van der Waals surface area contributed by atoms with Crippen molar-refractivity contribution in [1.82, 2.24) is 0 Å². The Morgan fingerprint density at radius 3 is 2.30 bits per heavy atom. The molecule has 2 rings (SSSR count). The molecule has 0 spiro atoms. The van der Waals surface area contributed by atoms with Crippen LogP contribution in [0.5, 0.6) is 5.75 Å². The van der Waals surface area contributed by atoms with Crippen molar-refractivity contribution >= 4 is 5.97 Å². The van der Waals surface area contributed by atoms with Gasteiger partial charge in [-0.3, -0.25) is 4.79 Å². The van der Waals surface area contributed by atoms with Gasteiger partial charge in [0.15, 0.2) is 0 Å². The Balaban J connectivity index is 2.46. The summed E-state index contributed by atoms with van der Waals surface area (Å²) in [5.41, 5.74) is -1.16. The highest BCUT2D eigenvalue weighted by atomic mass is 19.4. The van der Waals surface area contributed by atoms with E-state index in [0.29, 0.717) is 25.7 Å². The van der Waals surface area contributed by atoms with Crippen LogP contribution in [0.3, 0.4) is 0 Å². The van der Waals surface area contributed by atoms with Crippen LogP contribution >= 0.6 is 0 Å². The van der Waals surface area contributed by atoms with Crippen molar-refractivity contribution < 1.29 is 27.8 Å². The Morgan fingerprint density at radius 1 is 1.15 bits per heavy atom. The number of carboxylic acids is 1. The highest BCUT2D eigenvalue weighted by Gasteiger charge is 2.44. The second kappa shape index (κ2) is 5.34. The maximum atomic E-state index is 12.4. The molecule has 1 aromatic rings. The van der Waals surface area contributed by atoms with Gasteiger partial charge < -0.3 is 9.84 Å². The minimum absolute atomic E-state index is 0.115. The zero-order valence-corrected chi connectivity index (χ0v) is 10.7. The maximum absolute atomic E-state index is 12.4. The molecule has 1 aromatic carbocycles. The monoisotopic (exact) mass is 288 g/mol. The molecule has 110 valence electrons. The summed E-state index contributed by atoms with van der Waals surface area (Å²) in [7, 11) is 0. The average Bonchev–Trinajstić information content (AvgIpc) is 2.38. The first-order valence-corrected chi connectivity index (χ1v) is 6.44. The molecule has 1 aliphatic rings. The predicted molar refractivity (Wildman–Crippen MR) is 65.5 cm³/mol. The second-order valence-corrected chi connectivity index (χ2v) is 4.99. The van der Waals surface area contributed by atoms with Gasteiger partial charge in [0, 0.05) is 5.56 Å². The third-order valence-electron chi connectivity index (χ3n) is 3.74. The molecule has 0 atom stereocenters. The van der Waals surface area contributed by atoms with E-state index in [2.05, 4.69) is 4.74 Å². The van der Waals surface area contributed by atoms with Crippen LogP contribution in [0, 0.1) is 0 Å². The first kappa shape index (κ1) is 14.7. The van der Waals surface area contributed by atoms with Crippen molar-refractivity contribution in [2.45, 2.75) is 43.9 Å². The molecule has 3 nitrogen and oxygen atoms in total. The Bertz CT molecular complexity index is 491. The number of alkyl halides is 3. The third kappa shape index (κ3) is 2.89. The summed E-state index contributed by atoms with van der Waals surface area (Å²) in [5.74, 6) is -1.50. The van der Waals surface area contributed by atoms with Gasteiger partial charge in [-0.25, -0.2) is 0 Å². The minimum atomic E-state index is -4.83. The van der Waals surface area contributed by atoms with Crippen LogP contribution in [0.4, 0.5) is 13.2 Å². The van der Waals surface area contributed by atoms with Crippen LogP contribution in [0.25, 0.3) is 0 Å². The lowest BCUT2D eigenvalue weighted by Gasteiger charge is -2.34. The molecule has 6 heteroatoms. The quantitative estimate of drug-likeness (QED) is 0.918. The molecule has 1 N–H and O–H groups in total. The van der Waals surface area contributed by atoms with Crippen LogP contribution in [0.2, 0.25) is 0 Å². The summed E-state index contributed by atoms with van der Waals surface area (Å²) >= 11 is 0. The number of rotatable bonds is 3. The first-order chi connectivity index (χ1) is 9.35. The summed E-state index contributed by atoms with van der Waals surface area (Å²) in [6.07, 6.45) is -1.89. The van der Waals surface area contributed by atoms with Crippen molar-refractivity contribution in [2.24, 2.45) is 0 Å². The molecule has 0 aliphatic heterocycles. The Kier molecular flexibility index (Phi) is 3.92. The molecular weight excluding hydrogens is 273 g/mol. The molecule has 0 bridgehead atoms. The highest BCUT2D eigenvalue weighted by Crippen LogP contribution is 2.44. The number of aliphatic carboxylic acids is 1. The van der Waals surface area contributed by atoms with Gasteiger partial charge in [-0.1, -0.05) is 37.5 Å². The number of para-hydroxylation sites is 1. The molecule has 1 fully saturated rings. The second-order valence-electron chi connectivity index (χ2n) is 4.99. The van der Waals surface area contributed by atoms with Gasteiger partial charge in [-0.15, -0.1) is 13.2 Å². The number of benzene rings is 1. The molecule has 0 radical (unpaired) electrons. The number of carboxylic acid groups (broad SMARTS) is 1. The van der Waals surface area contributed by atoms with Crippen LogP contribution in [-0.4, -0.2) is 17.4 Å². The largest absolute Gasteiger partial charge is 0.573 e. The van der Waals surface area contributed by atoms with Crippen LogP contribution < -0.4 is 4.74 Å². The van der Waals surface area contributed by atoms with Gasteiger partial charge >= 0.3 is 12.3 Å². The van der Waals surface area contributed by atoms with Gasteiger partial charge in [-0.05, 0) is 18.9 Å². The Hall–Kier alpha value is -1.72. The summed E-state index contributed by atoms with van der Waals surface area (Å²) in [4.78, 5) is 11.7. The zero-order valence-electron chi connectivity index (χ0n) is 10.7. The fourth-order valence-electron chi connectivity index (χ4n) is 2.83. The van der Waals surface area contributed by atoms with Crippen molar-refractivity contribution in [3.8, 4) is 5.75 Å². The summed E-state index contributed by atoms with van der Waals surface area (Å²) < 4.78 is 41.3. The molecule has 1 aliphatic carbocycles. The van der Waals surface area contributed by atoms with Crippen LogP contribution in [0.15, 0.2) is 24.3 Å². The number of carbonyl (C=O) groups is 1. The summed E-state index contributed by atoms with van der Waals surface area (Å²) in [5, 5.41) is 9.53.